The highest BCUT2D eigenvalue weighted by Crippen LogP contribution is 2.22. The third-order valence-electron chi connectivity index (χ3n) is 2.72. The Hall–Kier alpha value is -2.33. The number of ether oxygens (including phenoxy) is 1. The highest BCUT2D eigenvalue weighted by atomic mass is 16.5. The standard InChI is InChI=1S/C14H13N3O/c15-9-10-4-3-5-11(8-10)18-14-16-12-6-1-2-7-13(12)17-14/h1-8H,9,15H2,(H,16,17). The van der Waals surface area contributed by atoms with Gasteiger partial charge in [-0.25, -0.2) is 0 Å². The summed E-state index contributed by atoms with van der Waals surface area (Å²) in [4.78, 5) is 7.47. The molecule has 3 aromatic rings. The first-order chi connectivity index (χ1) is 8.85. The lowest BCUT2D eigenvalue weighted by Gasteiger charge is -2.03. The van der Waals surface area contributed by atoms with Crippen molar-refractivity contribution < 1.29 is 4.74 Å². The highest BCUT2D eigenvalue weighted by molar-refractivity contribution is 5.75. The number of nitrogens with two attached hydrogens (primary N) is 1. The number of rotatable bonds is 3. The minimum absolute atomic E-state index is 0.491. The Morgan fingerprint density at radius 1 is 1.11 bits per heavy atom. The van der Waals surface area contributed by atoms with Crippen LogP contribution in [0.2, 0.25) is 0 Å². The van der Waals surface area contributed by atoms with Crippen molar-refractivity contribution in [2.75, 3.05) is 0 Å². The van der Waals surface area contributed by atoms with Crippen LogP contribution in [0, 0.1) is 0 Å². The second-order valence-electron chi connectivity index (χ2n) is 4.01. The van der Waals surface area contributed by atoms with Crippen LogP contribution in [0.15, 0.2) is 48.5 Å². The largest absolute Gasteiger partial charge is 0.426 e. The molecule has 0 aliphatic heterocycles. The molecule has 18 heavy (non-hydrogen) atoms. The minimum atomic E-state index is 0.491. The quantitative estimate of drug-likeness (QED) is 0.738. The first-order valence-corrected chi connectivity index (χ1v) is 5.77. The van der Waals surface area contributed by atoms with E-state index in [9.17, 15) is 0 Å². The molecular weight excluding hydrogens is 226 g/mol. The van der Waals surface area contributed by atoms with Gasteiger partial charge in [0.05, 0.1) is 11.0 Å². The molecule has 0 spiro atoms. The minimum Gasteiger partial charge on any atom is -0.426 e. The number of fused-ring (bicyclic) bond motifs is 1. The predicted octanol–water partition coefficient (Wildman–Crippen LogP) is 2.81. The number of hydrogen-bond acceptors (Lipinski definition) is 3. The lowest BCUT2D eigenvalue weighted by atomic mass is 10.2. The molecule has 0 bridgehead atoms. The van der Waals surface area contributed by atoms with Crippen LogP contribution in [-0.2, 0) is 6.54 Å². The van der Waals surface area contributed by atoms with E-state index in [0.717, 1.165) is 22.3 Å². The van der Waals surface area contributed by atoms with E-state index in [1.54, 1.807) is 0 Å². The molecule has 4 heteroatoms. The molecule has 0 saturated carbocycles. The molecule has 4 nitrogen and oxygen atoms in total. The van der Waals surface area contributed by atoms with Crippen LogP contribution in [0.25, 0.3) is 11.0 Å². The Kier molecular flexibility index (Phi) is 2.70. The maximum Gasteiger partial charge on any atom is 0.300 e. The number of H-pyrrole nitrogens is 1. The van der Waals surface area contributed by atoms with E-state index < -0.39 is 0 Å². The van der Waals surface area contributed by atoms with Gasteiger partial charge < -0.3 is 15.5 Å². The average molecular weight is 239 g/mol. The van der Waals surface area contributed by atoms with Gasteiger partial charge in [0.25, 0.3) is 6.01 Å². The van der Waals surface area contributed by atoms with Crippen molar-refractivity contribution in [1.29, 1.82) is 0 Å². The van der Waals surface area contributed by atoms with Gasteiger partial charge in [0, 0.05) is 6.54 Å². The Labute approximate surface area is 104 Å². The van der Waals surface area contributed by atoms with E-state index in [1.807, 2.05) is 48.5 Å². The third kappa shape index (κ3) is 2.06. The van der Waals surface area contributed by atoms with Crippen LogP contribution in [0.5, 0.6) is 11.8 Å². The molecule has 0 atom stereocenters. The van der Waals surface area contributed by atoms with E-state index >= 15 is 0 Å². The lowest BCUT2D eigenvalue weighted by molar-refractivity contribution is 0.449. The zero-order chi connectivity index (χ0) is 12.4. The molecule has 0 fully saturated rings. The zero-order valence-electron chi connectivity index (χ0n) is 9.76. The molecule has 3 rings (SSSR count). The smallest absolute Gasteiger partial charge is 0.300 e. The van der Waals surface area contributed by atoms with E-state index in [4.69, 9.17) is 10.5 Å². The van der Waals surface area contributed by atoms with Crippen molar-refractivity contribution in [3.8, 4) is 11.8 Å². The van der Waals surface area contributed by atoms with Crippen LogP contribution < -0.4 is 10.5 Å². The van der Waals surface area contributed by atoms with Crippen LogP contribution in [0.1, 0.15) is 5.56 Å². The van der Waals surface area contributed by atoms with Crippen LogP contribution in [-0.4, -0.2) is 9.97 Å². The summed E-state index contributed by atoms with van der Waals surface area (Å²) >= 11 is 0. The second-order valence-corrected chi connectivity index (χ2v) is 4.01. The summed E-state index contributed by atoms with van der Waals surface area (Å²) in [6.07, 6.45) is 0. The summed E-state index contributed by atoms with van der Waals surface area (Å²) < 4.78 is 5.68. The maximum absolute atomic E-state index is 5.68. The Balaban J connectivity index is 1.91. The summed E-state index contributed by atoms with van der Waals surface area (Å²) in [6, 6.07) is 16.0. The van der Waals surface area contributed by atoms with Crippen molar-refractivity contribution >= 4 is 11.0 Å². The monoisotopic (exact) mass is 239 g/mol. The molecular formula is C14H13N3O. The number of nitrogens with zero attached hydrogens (tertiary/aromatic N) is 1. The highest BCUT2D eigenvalue weighted by Gasteiger charge is 2.04. The van der Waals surface area contributed by atoms with Gasteiger partial charge >= 0.3 is 0 Å². The summed E-state index contributed by atoms with van der Waals surface area (Å²) in [5, 5.41) is 0. The van der Waals surface area contributed by atoms with Gasteiger partial charge in [-0.3, -0.25) is 0 Å². The third-order valence-corrected chi connectivity index (χ3v) is 2.72. The van der Waals surface area contributed by atoms with Gasteiger partial charge in [-0.15, -0.1) is 0 Å². The molecule has 0 unspecified atom stereocenters. The number of nitrogens with one attached hydrogen (secondary N) is 1. The fraction of sp³-hybridized carbons (Fsp3) is 0.0714. The van der Waals surface area contributed by atoms with E-state index in [0.29, 0.717) is 12.6 Å². The van der Waals surface area contributed by atoms with Gasteiger partial charge in [-0.1, -0.05) is 24.3 Å². The van der Waals surface area contributed by atoms with Gasteiger partial charge in [-0.2, -0.15) is 4.98 Å². The first kappa shape index (κ1) is 10.8. The molecule has 1 heterocycles. The Bertz CT molecular complexity index is 642. The normalized spacial score (nSPS) is 10.7. The van der Waals surface area contributed by atoms with Gasteiger partial charge in [0.1, 0.15) is 5.75 Å². The molecule has 90 valence electrons. The van der Waals surface area contributed by atoms with Gasteiger partial charge in [0.15, 0.2) is 0 Å². The Morgan fingerprint density at radius 3 is 2.83 bits per heavy atom. The van der Waals surface area contributed by atoms with E-state index in [-0.39, 0.29) is 0 Å². The number of aromatic nitrogens is 2. The molecule has 0 radical (unpaired) electrons. The maximum atomic E-state index is 5.68. The van der Waals surface area contributed by atoms with Crippen LogP contribution in [0.4, 0.5) is 0 Å². The SMILES string of the molecule is NCc1cccc(Oc2nc3ccccc3[nH]2)c1. The van der Waals surface area contributed by atoms with Gasteiger partial charge in [-0.05, 0) is 29.8 Å². The van der Waals surface area contributed by atoms with Crippen molar-refractivity contribution in [2.45, 2.75) is 6.54 Å². The number of imidazole rings is 1. The fourth-order valence-electron chi connectivity index (χ4n) is 1.83. The molecule has 0 amide bonds. The number of hydrogen-bond donors (Lipinski definition) is 2. The van der Waals surface area contributed by atoms with Crippen molar-refractivity contribution in [3.63, 3.8) is 0 Å². The van der Waals surface area contributed by atoms with Gasteiger partial charge in [0.2, 0.25) is 0 Å². The van der Waals surface area contributed by atoms with Crippen molar-refractivity contribution in [3.05, 3.63) is 54.1 Å². The summed E-state index contributed by atoms with van der Waals surface area (Å²) in [5.74, 6) is 0.733. The van der Waals surface area contributed by atoms with E-state index in [2.05, 4.69) is 9.97 Å². The Morgan fingerprint density at radius 2 is 2.00 bits per heavy atom. The molecule has 2 aromatic carbocycles. The molecule has 0 saturated heterocycles. The molecule has 1 aromatic heterocycles. The zero-order valence-corrected chi connectivity index (χ0v) is 9.76. The van der Waals surface area contributed by atoms with E-state index in [1.165, 1.54) is 0 Å². The predicted molar refractivity (Wildman–Crippen MR) is 70.5 cm³/mol. The number of aromatic amines is 1. The summed E-state index contributed by atoms with van der Waals surface area (Å²) in [5.41, 5.74) is 8.48. The number of benzene rings is 2. The first-order valence-electron chi connectivity index (χ1n) is 5.77. The van der Waals surface area contributed by atoms with Crippen molar-refractivity contribution in [2.24, 2.45) is 5.73 Å². The van der Waals surface area contributed by atoms with Crippen molar-refractivity contribution in [1.82, 2.24) is 9.97 Å². The number of para-hydroxylation sites is 2. The topological polar surface area (TPSA) is 63.9 Å². The second kappa shape index (κ2) is 4.50. The lowest BCUT2D eigenvalue weighted by Crippen LogP contribution is -1.96. The fourth-order valence-corrected chi connectivity index (χ4v) is 1.83. The molecule has 0 aliphatic rings. The van der Waals surface area contributed by atoms with Crippen LogP contribution >= 0.6 is 0 Å². The molecule has 3 N–H and O–H groups in total. The summed E-state index contributed by atoms with van der Waals surface area (Å²) in [6.45, 7) is 0.497. The summed E-state index contributed by atoms with van der Waals surface area (Å²) in [7, 11) is 0. The van der Waals surface area contributed by atoms with Crippen LogP contribution in [0.3, 0.4) is 0 Å². The molecule has 0 aliphatic carbocycles. The average Bonchev–Trinajstić information content (AvgIpc) is 2.81.